The fourth-order valence-corrected chi connectivity index (χ4v) is 7.40. The van der Waals surface area contributed by atoms with Crippen LogP contribution in [-0.4, -0.2) is 89.5 Å². The van der Waals surface area contributed by atoms with E-state index in [2.05, 4.69) is 55.4 Å². The Hall–Kier alpha value is -10.3. The fraction of sp³-hybridized carbons (Fsp3) is 0.111. The molecule has 0 aliphatic heterocycles. The molecule has 0 aliphatic rings. The van der Waals surface area contributed by atoms with Gasteiger partial charge in [0.2, 0.25) is 0 Å². The van der Waals surface area contributed by atoms with Crippen LogP contribution >= 0.6 is 0 Å². The molecule has 6 aromatic heterocycles. The minimum absolute atomic E-state index is 0.00673. The SMILES string of the molecule is NCCc1cnc[nH]1.O=C(NCCc1cnc[nH]1)c1cnc(-c2cccc(Cn3nc(-c4cc(F)c(F)c(F)c4)ccc3=O)c2)nc1.O=C(O)c1cnc(-c2cccc(Cn3nc(-c4cc(F)c(F)c(F)c4)ccc3=O)c2)nc1. The highest BCUT2D eigenvalue weighted by Gasteiger charge is 2.17. The van der Waals surface area contributed by atoms with Gasteiger partial charge in [0.15, 0.2) is 46.6 Å². The van der Waals surface area contributed by atoms with E-state index in [-0.39, 0.29) is 47.1 Å². The third kappa shape index (κ3) is 14.4. The average molecular weight is 1080 g/mol. The maximum absolute atomic E-state index is 13.7. The summed E-state index contributed by atoms with van der Waals surface area (Å²) in [6.45, 7) is 1.18. The Bertz CT molecular complexity index is 3820. The number of carbonyl (C=O) groups excluding carboxylic acids is 1. The molecule has 6 heterocycles. The van der Waals surface area contributed by atoms with E-state index in [9.17, 15) is 45.5 Å². The highest BCUT2D eigenvalue weighted by atomic mass is 19.2. The highest BCUT2D eigenvalue weighted by Crippen LogP contribution is 2.24. The number of nitrogens with one attached hydrogen (secondary N) is 3. The number of halogens is 6. The third-order valence-electron chi connectivity index (χ3n) is 11.3. The van der Waals surface area contributed by atoms with Crippen molar-refractivity contribution in [1.29, 1.82) is 0 Å². The van der Waals surface area contributed by atoms with Crippen molar-refractivity contribution in [2.45, 2.75) is 25.9 Å². The van der Waals surface area contributed by atoms with Gasteiger partial charge in [-0.15, -0.1) is 0 Å². The number of aromatic carboxylic acids is 1. The number of nitrogens with two attached hydrogens (primary N) is 1. The van der Waals surface area contributed by atoms with E-state index in [0.29, 0.717) is 59.0 Å². The molecule has 4 aromatic carbocycles. The van der Waals surface area contributed by atoms with Crippen LogP contribution in [0.3, 0.4) is 0 Å². The lowest BCUT2D eigenvalue weighted by molar-refractivity contribution is 0.0695. The predicted molar refractivity (Wildman–Crippen MR) is 274 cm³/mol. The summed E-state index contributed by atoms with van der Waals surface area (Å²) >= 11 is 0. The Labute approximate surface area is 442 Å². The summed E-state index contributed by atoms with van der Waals surface area (Å²) in [6, 6.07) is 22.2. The zero-order valence-corrected chi connectivity index (χ0v) is 41.0. The van der Waals surface area contributed by atoms with E-state index >= 15 is 0 Å². The minimum atomic E-state index is -1.59. The molecule has 0 unspecified atom stereocenters. The van der Waals surface area contributed by atoms with Crippen molar-refractivity contribution in [1.82, 2.24) is 64.7 Å². The van der Waals surface area contributed by atoms with Gasteiger partial charge in [0.05, 0.1) is 48.3 Å². The number of H-pyrrole nitrogens is 2. The zero-order valence-electron chi connectivity index (χ0n) is 41.0. The van der Waals surface area contributed by atoms with Gasteiger partial charge in [0.25, 0.3) is 17.0 Å². The van der Waals surface area contributed by atoms with Gasteiger partial charge < -0.3 is 26.1 Å². The maximum atomic E-state index is 13.7. The fourth-order valence-electron chi connectivity index (χ4n) is 7.40. The largest absolute Gasteiger partial charge is 0.478 e. The summed E-state index contributed by atoms with van der Waals surface area (Å²) < 4.78 is 83.3. The Morgan fingerprint density at radius 2 is 0.975 bits per heavy atom. The third-order valence-corrected chi connectivity index (χ3v) is 11.3. The van der Waals surface area contributed by atoms with Gasteiger partial charge in [-0.25, -0.2) is 70.4 Å². The summed E-state index contributed by atoms with van der Waals surface area (Å²) in [5.41, 5.74) is 9.38. The van der Waals surface area contributed by atoms with Crippen LogP contribution in [0.2, 0.25) is 0 Å². The molecule has 0 aliphatic carbocycles. The first-order valence-corrected chi connectivity index (χ1v) is 23.6. The quantitative estimate of drug-likeness (QED) is 0.0513. The lowest BCUT2D eigenvalue weighted by Gasteiger charge is -2.09. The van der Waals surface area contributed by atoms with Crippen molar-refractivity contribution in [3.05, 3.63) is 236 Å². The average Bonchev–Trinajstić information content (AvgIpc) is 4.24. The molecule has 0 atom stereocenters. The first-order valence-electron chi connectivity index (χ1n) is 23.6. The lowest BCUT2D eigenvalue weighted by atomic mass is 10.1. The summed E-state index contributed by atoms with van der Waals surface area (Å²) in [6.07, 6.45) is 13.4. The van der Waals surface area contributed by atoms with Gasteiger partial charge in [0.1, 0.15) is 0 Å². The van der Waals surface area contributed by atoms with Crippen LogP contribution in [-0.2, 0) is 25.9 Å². The number of hydrogen-bond donors (Lipinski definition) is 5. The number of rotatable bonds is 15. The lowest BCUT2D eigenvalue weighted by Crippen LogP contribution is -2.26. The van der Waals surface area contributed by atoms with Crippen LogP contribution in [0.5, 0.6) is 0 Å². The molecule has 1 amide bonds. The number of benzene rings is 4. The smallest absolute Gasteiger partial charge is 0.338 e. The minimum Gasteiger partial charge on any atom is -0.478 e. The predicted octanol–water partition coefficient (Wildman–Crippen LogP) is 6.97. The molecule has 0 saturated heterocycles. The topological polar surface area (TPSA) is 271 Å². The van der Waals surface area contributed by atoms with Gasteiger partial charge in [-0.1, -0.05) is 36.4 Å². The molecule has 79 heavy (non-hydrogen) atoms. The van der Waals surface area contributed by atoms with Gasteiger partial charge >= 0.3 is 5.97 Å². The molecule has 25 heteroatoms. The summed E-state index contributed by atoms with van der Waals surface area (Å²) in [4.78, 5) is 78.3. The Kier molecular flexibility index (Phi) is 17.7. The number of imidazole rings is 2. The molecule has 10 aromatic rings. The summed E-state index contributed by atoms with van der Waals surface area (Å²) in [5.74, 6) is -9.37. The molecule has 6 N–H and O–H groups in total. The van der Waals surface area contributed by atoms with E-state index < -0.39 is 52.0 Å². The van der Waals surface area contributed by atoms with E-state index in [1.807, 2.05) is 0 Å². The molecule has 0 fully saturated rings. The standard InChI is InChI=1S/C27H20F3N7O2.C22H13F3N4O3.C5H9N3/c28-21-9-18(10-22(29)25(21)30)23-4-5-24(38)37(36-23)14-16-2-1-3-17(8-16)26-33-11-19(12-34-26)27(39)32-7-6-20-13-31-15-35-20;23-16-7-14(8-17(24)20(16)25)18-4-5-19(30)29(28-18)11-12-2-1-3-13(6-12)21-26-9-15(10-27-21)22(31)32;6-2-1-5-3-7-4-8-5/h1-5,8-13,15H,6-7,14H2,(H,31,35)(H,32,39);1-10H,11H2,(H,31,32);3-4H,1-2,6H2,(H,7,8). The van der Waals surface area contributed by atoms with Crippen LogP contribution in [0.25, 0.3) is 45.3 Å². The van der Waals surface area contributed by atoms with E-state index in [4.69, 9.17) is 10.8 Å². The Morgan fingerprint density at radius 3 is 1.38 bits per heavy atom. The van der Waals surface area contributed by atoms with Crippen molar-refractivity contribution in [3.63, 3.8) is 0 Å². The van der Waals surface area contributed by atoms with Gasteiger partial charge in [-0.2, -0.15) is 10.2 Å². The van der Waals surface area contributed by atoms with E-state index in [0.717, 1.165) is 51.4 Å². The normalized spacial score (nSPS) is 10.8. The number of hydrogen-bond acceptors (Lipinski definition) is 13. The molecule has 400 valence electrons. The van der Waals surface area contributed by atoms with E-state index in [1.54, 1.807) is 73.6 Å². The van der Waals surface area contributed by atoms with Crippen molar-refractivity contribution in [2.75, 3.05) is 13.1 Å². The van der Waals surface area contributed by atoms with Crippen LogP contribution in [0.1, 0.15) is 43.2 Å². The van der Waals surface area contributed by atoms with Crippen molar-refractivity contribution >= 4 is 11.9 Å². The molecule has 0 bridgehead atoms. The molecule has 0 radical (unpaired) electrons. The van der Waals surface area contributed by atoms with Crippen LogP contribution in [0, 0.1) is 34.9 Å². The molecular weight excluding hydrogens is 1040 g/mol. The Morgan fingerprint density at radius 1 is 0.544 bits per heavy atom. The number of carbonyl (C=O) groups is 2. The molecule has 19 nitrogen and oxygen atoms in total. The molecule has 0 saturated carbocycles. The van der Waals surface area contributed by atoms with Crippen molar-refractivity contribution in [3.8, 4) is 45.3 Å². The number of amides is 1. The number of aromatic amines is 2. The van der Waals surface area contributed by atoms with Crippen molar-refractivity contribution in [2.24, 2.45) is 5.73 Å². The van der Waals surface area contributed by atoms with E-state index in [1.165, 1.54) is 49.1 Å². The first-order chi connectivity index (χ1) is 38.1. The number of carboxylic acid groups (broad SMARTS) is 1. The summed E-state index contributed by atoms with van der Waals surface area (Å²) in [7, 11) is 0. The second-order valence-corrected chi connectivity index (χ2v) is 16.9. The number of carboxylic acids is 1. The van der Waals surface area contributed by atoms with Crippen molar-refractivity contribution < 1.29 is 41.0 Å². The zero-order chi connectivity index (χ0) is 56.0. The van der Waals surface area contributed by atoms with Gasteiger partial charge in [-0.05, 0) is 66.2 Å². The summed E-state index contributed by atoms with van der Waals surface area (Å²) in [5, 5.41) is 20.1. The van der Waals surface area contributed by atoms with Gasteiger partial charge in [0, 0.05) is 102 Å². The first kappa shape index (κ1) is 54.9. The van der Waals surface area contributed by atoms with Crippen LogP contribution < -0.4 is 22.2 Å². The highest BCUT2D eigenvalue weighted by molar-refractivity contribution is 5.93. The second-order valence-electron chi connectivity index (χ2n) is 16.9. The van der Waals surface area contributed by atoms with Crippen LogP contribution in [0.4, 0.5) is 26.3 Å². The Balaban J connectivity index is 0.000000185. The number of aromatic nitrogens is 12. The molecule has 0 spiro atoms. The monoisotopic (exact) mass is 1080 g/mol. The maximum Gasteiger partial charge on any atom is 0.338 e. The molecule has 10 rings (SSSR count). The molecular formula is C54H42F6N14O5. The second kappa shape index (κ2) is 25.5. The van der Waals surface area contributed by atoms with Crippen LogP contribution in [0.15, 0.2) is 156 Å². The number of nitrogens with zero attached hydrogens (tertiary/aromatic N) is 10. The van der Waals surface area contributed by atoms with Gasteiger partial charge in [-0.3, -0.25) is 14.4 Å².